The summed E-state index contributed by atoms with van der Waals surface area (Å²) in [5, 5.41) is 3.53. The largest absolute Gasteiger partial charge is 0.362 e. The molecule has 1 aromatic rings. The van der Waals surface area contributed by atoms with E-state index in [9.17, 15) is 0 Å². The number of piperazine rings is 1. The zero-order valence-corrected chi connectivity index (χ0v) is 12.0. The maximum atomic E-state index is 3.53. The summed E-state index contributed by atoms with van der Waals surface area (Å²) >= 11 is 0. The van der Waals surface area contributed by atoms with Crippen molar-refractivity contribution < 1.29 is 0 Å². The Morgan fingerprint density at radius 3 is 2.50 bits per heavy atom. The Bertz CT molecular complexity index is 372. The van der Waals surface area contributed by atoms with Crippen molar-refractivity contribution in [3.05, 3.63) is 29.8 Å². The van der Waals surface area contributed by atoms with Crippen LogP contribution in [-0.4, -0.2) is 50.7 Å². The van der Waals surface area contributed by atoms with Crippen molar-refractivity contribution in [2.45, 2.75) is 25.9 Å². The average Bonchev–Trinajstić information content (AvgIpc) is 2.30. The van der Waals surface area contributed by atoms with Gasteiger partial charge in [-0.25, -0.2) is 0 Å². The number of aryl methyl sites for hydroxylation is 1. The summed E-state index contributed by atoms with van der Waals surface area (Å²) in [6.07, 6.45) is 0. The van der Waals surface area contributed by atoms with Crippen molar-refractivity contribution in [3.63, 3.8) is 0 Å². The highest BCUT2D eigenvalue weighted by molar-refractivity contribution is 5.50. The zero-order valence-electron chi connectivity index (χ0n) is 12.0. The quantitative estimate of drug-likeness (QED) is 0.877. The molecule has 2 unspecified atom stereocenters. The molecular weight excluding hydrogens is 222 g/mol. The molecule has 0 spiro atoms. The molecule has 18 heavy (non-hydrogen) atoms. The van der Waals surface area contributed by atoms with Crippen molar-refractivity contribution in [1.29, 1.82) is 0 Å². The minimum absolute atomic E-state index is 0.548. The third kappa shape index (κ3) is 3.03. The van der Waals surface area contributed by atoms with E-state index < -0.39 is 0 Å². The Labute approximate surface area is 111 Å². The van der Waals surface area contributed by atoms with Crippen molar-refractivity contribution in [1.82, 2.24) is 10.2 Å². The summed E-state index contributed by atoms with van der Waals surface area (Å²) in [4.78, 5) is 4.83. The molecule has 1 aliphatic heterocycles. The van der Waals surface area contributed by atoms with E-state index in [1.807, 2.05) is 0 Å². The van der Waals surface area contributed by atoms with E-state index in [0.29, 0.717) is 12.1 Å². The standard InChI is InChI=1S/C15H25N3/c1-12-5-7-14(8-6-12)18-13(2)9-16-10-15(18)11-17(3)4/h5-8,13,15-16H,9-11H2,1-4H3. The van der Waals surface area contributed by atoms with Gasteiger partial charge in [0.1, 0.15) is 0 Å². The fraction of sp³-hybridized carbons (Fsp3) is 0.600. The number of likely N-dealkylation sites (N-methyl/N-ethyl adjacent to an activating group) is 1. The van der Waals surface area contributed by atoms with E-state index in [1.165, 1.54) is 11.3 Å². The summed E-state index contributed by atoms with van der Waals surface area (Å²) in [6, 6.07) is 10.0. The molecule has 1 heterocycles. The van der Waals surface area contributed by atoms with Crippen LogP contribution in [0.15, 0.2) is 24.3 Å². The third-order valence-corrected chi connectivity index (χ3v) is 3.60. The monoisotopic (exact) mass is 247 g/mol. The number of benzene rings is 1. The van der Waals surface area contributed by atoms with Crippen LogP contribution in [0.2, 0.25) is 0 Å². The van der Waals surface area contributed by atoms with E-state index in [-0.39, 0.29) is 0 Å². The molecule has 0 saturated carbocycles. The molecule has 1 N–H and O–H groups in total. The summed E-state index contributed by atoms with van der Waals surface area (Å²) in [5.41, 5.74) is 2.67. The Morgan fingerprint density at radius 2 is 1.89 bits per heavy atom. The van der Waals surface area contributed by atoms with Gasteiger partial charge in [-0.3, -0.25) is 0 Å². The van der Waals surface area contributed by atoms with Gasteiger partial charge in [0.2, 0.25) is 0 Å². The first kappa shape index (κ1) is 13.4. The van der Waals surface area contributed by atoms with Crippen LogP contribution in [0.3, 0.4) is 0 Å². The van der Waals surface area contributed by atoms with Gasteiger partial charge in [0.15, 0.2) is 0 Å². The highest BCUT2D eigenvalue weighted by Crippen LogP contribution is 2.22. The second-order valence-electron chi connectivity index (χ2n) is 5.67. The number of rotatable bonds is 3. The molecule has 0 amide bonds. The molecule has 0 aromatic heterocycles. The number of nitrogens with one attached hydrogen (secondary N) is 1. The van der Waals surface area contributed by atoms with Gasteiger partial charge in [-0.1, -0.05) is 17.7 Å². The van der Waals surface area contributed by atoms with Crippen LogP contribution < -0.4 is 10.2 Å². The fourth-order valence-electron chi connectivity index (χ4n) is 2.77. The van der Waals surface area contributed by atoms with Crippen LogP contribution in [0, 0.1) is 6.92 Å². The molecule has 0 aliphatic carbocycles. The SMILES string of the molecule is Cc1ccc(N2C(C)CNCC2CN(C)C)cc1. The zero-order chi connectivity index (χ0) is 13.1. The summed E-state index contributed by atoms with van der Waals surface area (Å²) in [5.74, 6) is 0. The molecular formula is C15H25N3. The van der Waals surface area contributed by atoms with Crippen LogP contribution in [0.25, 0.3) is 0 Å². The Kier molecular flexibility index (Phi) is 4.25. The van der Waals surface area contributed by atoms with Crippen LogP contribution in [0.5, 0.6) is 0 Å². The van der Waals surface area contributed by atoms with Gasteiger partial charge in [-0.05, 0) is 40.1 Å². The van der Waals surface area contributed by atoms with Crippen molar-refractivity contribution in [3.8, 4) is 0 Å². The van der Waals surface area contributed by atoms with Gasteiger partial charge >= 0.3 is 0 Å². The van der Waals surface area contributed by atoms with Crippen LogP contribution >= 0.6 is 0 Å². The molecule has 3 heteroatoms. The lowest BCUT2D eigenvalue weighted by Crippen LogP contribution is -2.59. The summed E-state index contributed by atoms with van der Waals surface area (Å²) in [7, 11) is 4.29. The highest BCUT2D eigenvalue weighted by atomic mass is 15.3. The van der Waals surface area contributed by atoms with Crippen LogP contribution in [0.1, 0.15) is 12.5 Å². The normalized spacial score (nSPS) is 24.6. The summed E-state index contributed by atoms with van der Waals surface area (Å²) < 4.78 is 0. The first-order valence-corrected chi connectivity index (χ1v) is 6.78. The number of anilines is 1. The van der Waals surface area contributed by atoms with Crippen molar-refractivity contribution in [2.75, 3.05) is 38.6 Å². The molecule has 1 aromatic carbocycles. The molecule has 0 bridgehead atoms. The lowest BCUT2D eigenvalue weighted by atomic mass is 10.1. The predicted molar refractivity (Wildman–Crippen MR) is 78.3 cm³/mol. The Morgan fingerprint density at radius 1 is 1.22 bits per heavy atom. The second-order valence-corrected chi connectivity index (χ2v) is 5.67. The molecule has 100 valence electrons. The Balaban J connectivity index is 2.21. The number of nitrogens with zero attached hydrogens (tertiary/aromatic N) is 2. The topological polar surface area (TPSA) is 18.5 Å². The van der Waals surface area contributed by atoms with Crippen LogP contribution in [0.4, 0.5) is 5.69 Å². The smallest absolute Gasteiger partial charge is 0.0544 e. The highest BCUT2D eigenvalue weighted by Gasteiger charge is 2.27. The second kappa shape index (κ2) is 5.72. The lowest BCUT2D eigenvalue weighted by molar-refractivity contribution is 0.316. The Hall–Kier alpha value is -1.06. The maximum absolute atomic E-state index is 3.53. The molecule has 0 radical (unpaired) electrons. The maximum Gasteiger partial charge on any atom is 0.0544 e. The molecule has 1 fully saturated rings. The van der Waals surface area contributed by atoms with E-state index in [4.69, 9.17) is 0 Å². The third-order valence-electron chi connectivity index (χ3n) is 3.60. The molecule has 2 rings (SSSR count). The predicted octanol–water partition coefficient (Wildman–Crippen LogP) is 1.72. The first-order chi connectivity index (χ1) is 8.58. The van der Waals surface area contributed by atoms with Gasteiger partial charge in [-0.15, -0.1) is 0 Å². The van der Waals surface area contributed by atoms with Crippen LogP contribution in [-0.2, 0) is 0 Å². The van der Waals surface area contributed by atoms with Gasteiger partial charge in [0.05, 0.1) is 6.04 Å². The van der Waals surface area contributed by atoms with Gasteiger partial charge < -0.3 is 15.1 Å². The van der Waals surface area contributed by atoms with Gasteiger partial charge in [0.25, 0.3) is 0 Å². The van der Waals surface area contributed by atoms with E-state index in [2.05, 4.69) is 67.3 Å². The first-order valence-electron chi connectivity index (χ1n) is 6.78. The van der Waals surface area contributed by atoms with Crippen molar-refractivity contribution in [2.24, 2.45) is 0 Å². The van der Waals surface area contributed by atoms with Crippen molar-refractivity contribution >= 4 is 5.69 Å². The van der Waals surface area contributed by atoms with Gasteiger partial charge in [-0.2, -0.15) is 0 Å². The minimum atomic E-state index is 0.548. The fourth-order valence-corrected chi connectivity index (χ4v) is 2.77. The number of hydrogen-bond donors (Lipinski definition) is 1. The minimum Gasteiger partial charge on any atom is -0.362 e. The summed E-state index contributed by atoms with van der Waals surface area (Å²) in [6.45, 7) is 7.66. The molecule has 1 aliphatic rings. The van der Waals surface area contributed by atoms with E-state index >= 15 is 0 Å². The average molecular weight is 247 g/mol. The lowest BCUT2D eigenvalue weighted by Gasteiger charge is -2.44. The number of hydrogen-bond acceptors (Lipinski definition) is 3. The molecule has 2 atom stereocenters. The van der Waals surface area contributed by atoms with Gasteiger partial charge in [0, 0.05) is 31.4 Å². The molecule has 3 nitrogen and oxygen atoms in total. The molecule has 1 saturated heterocycles. The van der Waals surface area contributed by atoms with E-state index in [1.54, 1.807) is 0 Å². The van der Waals surface area contributed by atoms with E-state index in [0.717, 1.165) is 19.6 Å².